The molecule has 47 heavy (non-hydrogen) atoms. The van der Waals surface area contributed by atoms with Crippen molar-refractivity contribution in [3.05, 3.63) is 81.9 Å². The highest BCUT2D eigenvalue weighted by atomic mass is 35.5. The standard InChI is InChI=1S/C34H37ClN10O2/c1-19-23(30-29(35)25(8-11-36-30)42-34(47)33-41-27-18-43(3)12-10-28(27)44(33)4)6-5-7-24(19)40-32-31-26(38-20(2)39-32)14-21(15-37-31)16-45-13-9-22(46)17-45/h5-8,11,14-15,22,46H,9-10,12-13,16-18H2,1-4H3,(H,36,42,47)(H,38,39,40)/t22-/m0/s1. The average Bonchev–Trinajstić information content (AvgIpc) is 3.60. The van der Waals surface area contributed by atoms with E-state index in [0.29, 0.717) is 59.0 Å². The molecule has 0 radical (unpaired) electrons. The Bertz CT molecular complexity index is 2010. The minimum atomic E-state index is -0.324. The fourth-order valence-electron chi connectivity index (χ4n) is 6.49. The number of aliphatic hydroxyl groups is 1. The monoisotopic (exact) mass is 652 g/mol. The first-order chi connectivity index (χ1) is 22.6. The van der Waals surface area contributed by atoms with Gasteiger partial charge in [0.05, 0.1) is 33.7 Å². The van der Waals surface area contributed by atoms with Crippen molar-refractivity contribution in [3.63, 3.8) is 0 Å². The Hall–Kier alpha value is -4.49. The number of halogens is 1. The summed E-state index contributed by atoms with van der Waals surface area (Å²) in [6, 6.07) is 9.58. The normalized spacial score (nSPS) is 16.9. The summed E-state index contributed by atoms with van der Waals surface area (Å²) in [5.74, 6) is 1.25. The molecule has 12 nitrogen and oxygen atoms in total. The third-order valence-corrected chi connectivity index (χ3v) is 9.37. The number of hydrogen-bond donors (Lipinski definition) is 3. The van der Waals surface area contributed by atoms with Crippen LogP contribution < -0.4 is 10.6 Å². The Morgan fingerprint density at radius 1 is 1.09 bits per heavy atom. The van der Waals surface area contributed by atoms with Crippen molar-refractivity contribution < 1.29 is 9.90 Å². The molecule has 1 amide bonds. The van der Waals surface area contributed by atoms with Crippen LogP contribution in [0, 0.1) is 13.8 Å². The lowest BCUT2D eigenvalue weighted by molar-refractivity contribution is 0.101. The van der Waals surface area contributed by atoms with Crippen LogP contribution in [0.2, 0.25) is 5.02 Å². The van der Waals surface area contributed by atoms with Crippen LogP contribution >= 0.6 is 11.6 Å². The highest BCUT2D eigenvalue weighted by molar-refractivity contribution is 6.36. The molecule has 4 aromatic heterocycles. The Balaban J connectivity index is 1.15. The molecule has 1 atom stereocenters. The topological polar surface area (TPSA) is 137 Å². The molecule has 0 spiro atoms. The van der Waals surface area contributed by atoms with E-state index in [2.05, 4.69) is 47.4 Å². The molecule has 242 valence electrons. The van der Waals surface area contributed by atoms with E-state index in [4.69, 9.17) is 16.6 Å². The second kappa shape index (κ2) is 12.6. The molecule has 3 N–H and O–H groups in total. The summed E-state index contributed by atoms with van der Waals surface area (Å²) < 4.78 is 1.88. The second-order valence-electron chi connectivity index (χ2n) is 12.5. The van der Waals surface area contributed by atoms with Crippen molar-refractivity contribution in [2.24, 2.45) is 7.05 Å². The highest BCUT2D eigenvalue weighted by Crippen LogP contribution is 2.37. The number of carbonyl (C=O) groups is 1. The zero-order valence-electron chi connectivity index (χ0n) is 26.9. The molecule has 1 saturated heterocycles. The molecular weight excluding hydrogens is 616 g/mol. The lowest BCUT2D eigenvalue weighted by Crippen LogP contribution is -2.27. The van der Waals surface area contributed by atoms with E-state index in [1.165, 1.54) is 0 Å². The van der Waals surface area contributed by atoms with Crippen molar-refractivity contribution in [2.75, 3.05) is 37.3 Å². The number of nitrogens with zero attached hydrogens (tertiary/aromatic N) is 8. The van der Waals surface area contributed by atoms with Crippen LogP contribution in [-0.2, 0) is 26.6 Å². The number of β-amino-alcohol motifs (C(OH)–C–C–N with tert-alkyl or cyclic N) is 1. The molecule has 0 saturated carbocycles. The average molecular weight is 653 g/mol. The number of likely N-dealkylation sites (N-methyl/N-ethyl adjacent to an activating group) is 1. The van der Waals surface area contributed by atoms with E-state index in [1.807, 2.05) is 55.9 Å². The van der Waals surface area contributed by atoms with Gasteiger partial charge in [-0.1, -0.05) is 23.7 Å². The van der Waals surface area contributed by atoms with Gasteiger partial charge in [0.1, 0.15) is 11.3 Å². The van der Waals surface area contributed by atoms with Gasteiger partial charge in [-0.2, -0.15) is 0 Å². The van der Waals surface area contributed by atoms with Crippen LogP contribution in [0.15, 0.2) is 42.7 Å². The Kier molecular flexibility index (Phi) is 8.35. The predicted molar refractivity (Wildman–Crippen MR) is 182 cm³/mol. The fourth-order valence-corrected chi connectivity index (χ4v) is 6.75. The lowest BCUT2D eigenvalue weighted by atomic mass is 10.0. The number of hydrogen-bond acceptors (Lipinski definition) is 10. The first-order valence-corrected chi connectivity index (χ1v) is 16.1. The van der Waals surface area contributed by atoms with Gasteiger partial charge in [-0.15, -0.1) is 0 Å². The number of fused-ring (bicyclic) bond motifs is 2. The van der Waals surface area contributed by atoms with E-state index in [-0.39, 0.29) is 12.0 Å². The van der Waals surface area contributed by atoms with Crippen LogP contribution in [0.3, 0.4) is 0 Å². The molecule has 2 aliphatic rings. The number of aromatic nitrogens is 6. The van der Waals surface area contributed by atoms with Gasteiger partial charge in [-0.25, -0.2) is 15.0 Å². The molecule has 13 heteroatoms. The number of nitrogens with one attached hydrogen (secondary N) is 2. The molecule has 1 fully saturated rings. The molecule has 7 rings (SSSR count). The first kappa shape index (κ1) is 31.1. The van der Waals surface area contributed by atoms with Crippen molar-refractivity contribution in [1.82, 2.24) is 39.3 Å². The van der Waals surface area contributed by atoms with Gasteiger partial charge in [-0.05, 0) is 56.6 Å². The minimum Gasteiger partial charge on any atom is -0.392 e. The maximum absolute atomic E-state index is 13.4. The number of benzene rings is 1. The number of carbonyl (C=O) groups excluding carboxylic acids is 1. The number of aliphatic hydroxyl groups excluding tert-OH is 1. The number of rotatable bonds is 7. The van der Waals surface area contributed by atoms with Crippen molar-refractivity contribution in [2.45, 2.75) is 45.9 Å². The minimum absolute atomic E-state index is 0.270. The summed E-state index contributed by atoms with van der Waals surface area (Å²) in [5, 5.41) is 16.7. The number of aryl methyl sites for hydroxylation is 1. The van der Waals surface area contributed by atoms with Gasteiger partial charge in [0, 0.05) is 75.5 Å². The Labute approximate surface area is 277 Å². The third kappa shape index (κ3) is 6.17. The SMILES string of the molecule is Cc1nc(Nc2cccc(-c3nccc(NC(=O)c4nc5c(n4C)CCN(C)C5)c3Cl)c2C)c2ncc(CN3CC[C@H](O)C3)cc2n1. The van der Waals surface area contributed by atoms with Gasteiger partial charge in [0.25, 0.3) is 5.91 Å². The summed E-state index contributed by atoms with van der Waals surface area (Å²) in [6.45, 7) is 7.73. The summed E-state index contributed by atoms with van der Waals surface area (Å²) in [4.78, 5) is 41.1. The molecule has 6 heterocycles. The van der Waals surface area contributed by atoms with Crippen molar-refractivity contribution in [3.8, 4) is 11.3 Å². The zero-order valence-corrected chi connectivity index (χ0v) is 27.6. The number of imidazole rings is 1. The van der Waals surface area contributed by atoms with Gasteiger partial charge in [-0.3, -0.25) is 19.7 Å². The van der Waals surface area contributed by atoms with Crippen LogP contribution in [0.25, 0.3) is 22.3 Å². The van der Waals surface area contributed by atoms with Gasteiger partial charge in [0.2, 0.25) is 0 Å². The van der Waals surface area contributed by atoms with Gasteiger partial charge < -0.3 is 25.2 Å². The van der Waals surface area contributed by atoms with E-state index >= 15 is 0 Å². The summed E-state index contributed by atoms with van der Waals surface area (Å²) >= 11 is 6.92. The number of likely N-dealkylation sites (tertiary alicyclic amines) is 1. The molecule has 2 aliphatic heterocycles. The highest BCUT2D eigenvalue weighted by Gasteiger charge is 2.25. The van der Waals surface area contributed by atoms with Crippen LogP contribution in [0.5, 0.6) is 0 Å². The molecule has 0 aliphatic carbocycles. The first-order valence-electron chi connectivity index (χ1n) is 15.7. The van der Waals surface area contributed by atoms with Gasteiger partial charge >= 0.3 is 0 Å². The molecular formula is C34H37ClN10O2. The van der Waals surface area contributed by atoms with Crippen LogP contribution in [-0.4, -0.2) is 83.1 Å². The Morgan fingerprint density at radius 2 is 1.94 bits per heavy atom. The number of anilines is 3. The van der Waals surface area contributed by atoms with Crippen molar-refractivity contribution >= 4 is 45.7 Å². The van der Waals surface area contributed by atoms with Crippen LogP contribution in [0.1, 0.15) is 45.4 Å². The summed E-state index contributed by atoms with van der Waals surface area (Å²) in [6.07, 6.45) is 4.86. The lowest BCUT2D eigenvalue weighted by Gasteiger charge is -2.21. The van der Waals surface area contributed by atoms with Crippen molar-refractivity contribution in [1.29, 1.82) is 0 Å². The smallest absolute Gasteiger partial charge is 0.291 e. The maximum Gasteiger partial charge on any atom is 0.291 e. The predicted octanol–water partition coefficient (Wildman–Crippen LogP) is 4.64. The van der Waals surface area contributed by atoms with E-state index in [0.717, 1.165) is 65.2 Å². The number of amides is 1. The molecule has 5 aromatic rings. The Morgan fingerprint density at radius 3 is 2.74 bits per heavy atom. The second-order valence-corrected chi connectivity index (χ2v) is 12.8. The van der Waals surface area contributed by atoms with E-state index < -0.39 is 0 Å². The largest absolute Gasteiger partial charge is 0.392 e. The van der Waals surface area contributed by atoms with Crippen LogP contribution in [0.4, 0.5) is 17.2 Å². The van der Waals surface area contributed by atoms with E-state index in [9.17, 15) is 9.90 Å². The van der Waals surface area contributed by atoms with Gasteiger partial charge in [0.15, 0.2) is 11.6 Å². The molecule has 0 unspecified atom stereocenters. The zero-order chi connectivity index (χ0) is 32.8. The number of pyridine rings is 2. The quantitative estimate of drug-likeness (QED) is 0.228. The fraction of sp³-hybridized carbons (Fsp3) is 0.353. The summed E-state index contributed by atoms with van der Waals surface area (Å²) in [7, 11) is 3.93. The maximum atomic E-state index is 13.4. The van der Waals surface area contributed by atoms with E-state index in [1.54, 1.807) is 12.3 Å². The summed E-state index contributed by atoms with van der Waals surface area (Å²) in [5.41, 5.74) is 7.99. The molecule has 1 aromatic carbocycles. The third-order valence-electron chi connectivity index (χ3n) is 8.99. The molecule has 0 bridgehead atoms.